The quantitative estimate of drug-likeness (QED) is 0.339. The number of hydrogen-bond donors (Lipinski definition) is 0. The number of hydrogen-bond acceptors (Lipinski definition) is 6. The summed E-state index contributed by atoms with van der Waals surface area (Å²) >= 11 is 3.41. The van der Waals surface area contributed by atoms with Crippen molar-refractivity contribution < 1.29 is 9.53 Å². The molecule has 0 saturated heterocycles. The number of thiophene rings is 1. The molecule has 3 aromatic rings. The summed E-state index contributed by atoms with van der Waals surface area (Å²) in [5.74, 6) is 0.535. The van der Waals surface area contributed by atoms with Crippen LogP contribution in [0, 0.1) is 13.8 Å². The second kappa shape index (κ2) is 7.97. The van der Waals surface area contributed by atoms with Crippen molar-refractivity contribution >= 4 is 39.3 Å². The zero-order chi connectivity index (χ0) is 17.8. The third kappa shape index (κ3) is 4.02. The molecule has 130 valence electrons. The van der Waals surface area contributed by atoms with Crippen molar-refractivity contribution in [3.05, 3.63) is 52.2 Å². The van der Waals surface area contributed by atoms with Gasteiger partial charge in [0.25, 0.3) is 0 Å². The van der Waals surface area contributed by atoms with Crippen LogP contribution in [0.5, 0.6) is 0 Å². The largest absolute Gasteiger partial charge is 0.462 e. The van der Waals surface area contributed by atoms with Crippen molar-refractivity contribution in [2.75, 3.05) is 6.61 Å². The molecule has 0 spiro atoms. The first-order chi connectivity index (χ1) is 12.1. The first-order valence-electron chi connectivity index (χ1n) is 8.19. The highest BCUT2D eigenvalue weighted by Crippen LogP contribution is 2.35. The van der Waals surface area contributed by atoms with Crippen LogP contribution in [0.3, 0.4) is 0 Å². The van der Waals surface area contributed by atoms with E-state index in [0.29, 0.717) is 12.2 Å². The summed E-state index contributed by atoms with van der Waals surface area (Å²) in [4.78, 5) is 23.0. The molecule has 0 amide bonds. The normalized spacial score (nSPS) is 11.0. The van der Waals surface area contributed by atoms with Gasteiger partial charge in [0.05, 0.1) is 12.2 Å². The SMILES string of the molecule is CCCOC(=O)c1ccc(CSc2ncnc3sc(C)c(C)c23)cc1. The number of carbonyl (C=O) groups excluding carboxylic acids is 1. The molecular weight excluding hydrogens is 352 g/mol. The predicted octanol–water partition coefficient (Wildman–Crippen LogP) is 5.17. The number of benzene rings is 1. The third-order valence-corrected chi connectivity index (χ3v) is 6.11. The average molecular weight is 373 g/mol. The number of rotatable bonds is 6. The molecule has 0 radical (unpaired) electrons. The van der Waals surface area contributed by atoms with Crippen LogP contribution in [0.2, 0.25) is 0 Å². The van der Waals surface area contributed by atoms with Crippen LogP contribution in [0.15, 0.2) is 35.6 Å². The van der Waals surface area contributed by atoms with Gasteiger partial charge in [-0.2, -0.15) is 0 Å². The minimum absolute atomic E-state index is 0.261. The van der Waals surface area contributed by atoms with Crippen molar-refractivity contribution in [1.82, 2.24) is 9.97 Å². The smallest absolute Gasteiger partial charge is 0.338 e. The summed E-state index contributed by atoms with van der Waals surface area (Å²) in [5, 5.41) is 2.17. The Morgan fingerprint density at radius 3 is 2.68 bits per heavy atom. The van der Waals surface area contributed by atoms with E-state index in [4.69, 9.17) is 4.74 Å². The van der Waals surface area contributed by atoms with E-state index >= 15 is 0 Å². The number of aromatic nitrogens is 2. The van der Waals surface area contributed by atoms with E-state index in [2.05, 4.69) is 23.8 Å². The van der Waals surface area contributed by atoms with Crippen molar-refractivity contribution in [3.63, 3.8) is 0 Å². The highest BCUT2D eigenvalue weighted by atomic mass is 32.2. The molecular formula is C19H20N2O2S2. The molecule has 0 N–H and O–H groups in total. The molecule has 0 aliphatic rings. The molecule has 0 aliphatic carbocycles. The van der Waals surface area contributed by atoms with Gasteiger partial charge in [-0.05, 0) is 43.5 Å². The van der Waals surface area contributed by atoms with Gasteiger partial charge in [0.2, 0.25) is 0 Å². The van der Waals surface area contributed by atoms with E-state index < -0.39 is 0 Å². The number of esters is 1. The van der Waals surface area contributed by atoms with Crippen LogP contribution in [0.4, 0.5) is 0 Å². The molecule has 0 aliphatic heterocycles. The van der Waals surface area contributed by atoms with Gasteiger partial charge in [-0.15, -0.1) is 23.1 Å². The van der Waals surface area contributed by atoms with Crippen LogP contribution in [-0.4, -0.2) is 22.5 Å². The summed E-state index contributed by atoms with van der Waals surface area (Å²) in [6, 6.07) is 7.59. The highest BCUT2D eigenvalue weighted by molar-refractivity contribution is 7.98. The van der Waals surface area contributed by atoms with E-state index in [0.717, 1.165) is 33.0 Å². The van der Waals surface area contributed by atoms with Crippen LogP contribution in [0.1, 0.15) is 39.7 Å². The maximum absolute atomic E-state index is 11.8. The Balaban J connectivity index is 1.71. The molecule has 3 rings (SSSR count). The van der Waals surface area contributed by atoms with Crippen molar-refractivity contribution in [3.8, 4) is 0 Å². The molecule has 2 heterocycles. The lowest BCUT2D eigenvalue weighted by atomic mass is 10.1. The summed E-state index contributed by atoms with van der Waals surface area (Å²) < 4.78 is 5.15. The van der Waals surface area contributed by atoms with Crippen molar-refractivity contribution in [1.29, 1.82) is 0 Å². The monoisotopic (exact) mass is 372 g/mol. The van der Waals surface area contributed by atoms with Crippen LogP contribution in [0.25, 0.3) is 10.2 Å². The lowest BCUT2D eigenvalue weighted by Crippen LogP contribution is -2.05. The standard InChI is InChI=1S/C19H20N2O2S2/c1-4-9-23-19(22)15-7-5-14(6-8-15)10-24-17-16-12(2)13(3)25-18(16)21-11-20-17/h5-8,11H,4,9-10H2,1-3H3. The number of nitrogens with zero attached hydrogens (tertiary/aromatic N) is 2. The maximum atomic E-state index is 11.8. The van der Waals surface area contributed by atoms with Gasteiger partial charge in [-0.25, -0.2) is 14.8 Å². The second-order valence-electron chi connectivity index (χ2n) is 5.76. The number of aryl methyl sites for hydroxylation is 2. The first-order valence-corrected chi connectivity index (χ1v) is 10.00. The molecule has 1 aromatic carbocycles. The number of ether oxygens (including phenoxy) is 1. The van der Waals surface area contributed by atoms with Crippen LogP contribution < -0.4 is 0 Å². The van der Waals surface area contributed by atoms with E-state index in [1.165, 1.54) is 10.4 Å². The fourth-order valence-electron chi connectivity index (χ4n) is 2.43. The van der Waals surface area contributed by atoms with E-state index in [1.54, 1.807) is 29.4 Å². The maximum Gasteiger partial charge on any atom is 0.338 e. The summed E-state index contributed by atoms with van der Waals surface area (Å²) in [6.07, 6.45) is 2.46. The molecule has 0 unspecified atom stereocenters. The van der Waals surface area contributed by atoms with E-state index in [9.17, 15) is 4.79 Å². The minimum Gasteiger partial charge on any atom is -0.462 e. The number of thioether (sulfide) groups is 1. The fraction of sp³-hybridized carbons (Fsp3) is 0.316. The van der Waals surface area contributed by atoms with Crippen LogP contribution in [-0.2, 0) is 10.5 Å². The lowest BCUT2D eigenvalue weighted by molar-refractivity contribution is 0.0505. The average Bonchev–Trinajstić information content (AvgIpc) is 2.93. The molecule has 6 heteroatoms. The van der Waals surface area contributed by atoms with Gasteiger partial charge >= 0.3 is 5.97 Å². The first kappa shape index (κ1) is 17.9. The molecule has 4 nitrogen and oxygen atoms in total. The van der Waals surface area contributed by atoms with Gasteiger partial charge in [0.15, 0.2) is 0 Å². The summed E-state index contributed by atoms with van der Waals surface area (Å²) in [7, 11) is 0. The third-order valence-electron chi connectivity index (χ3n) is 3.93. The minimum atomic E-state index is -0.261. The lowest BCUT2D eigenvalue weighted by Gasteiger charge is -2.06. The van der Waals surface area contributed by atoms with E-state index in [-0.39, 0.29) is 5.97 Å². The van der Waals surface area contributed by atoms with Crippen LogP contribution >= 0.6 is 23.1 Å². The Labute approximate surface area is 155 Å². The van der Waals surface area contributed by atoms with Crippen molar-refractivity contribution in [2.45, 2.75) is 38.0 Å². The van der Waals surface area contributed by atoms with Gasteiger partial charge in [0, 0.05) is 16.0 Å². The Morgan fingerprint density at radius 2 is 1.96 bits per heavy atom. The van der Waals surface area contributed by atoms with Gasteiger partial charge in [-0.3, -0.25) is 0 Å². The Kier molecular flexibility index (Phi) is 5.71. The predicted molar refractivity (Wildman–Crippen MR) is 103 cm³/mol. The zero-order valence-electron chi connectivity index (χ0n) is 14.5. The van der Waals surface area contributed by atoms with Gasteiger partial charge in [-0.1, -0.05) is 19.1 Å². The Hall–Kier alpha value is -1.92. The molecule has 0 saturated carbocycles. The number of carbonyl (C=O) groups is 1. The fourth-order valence-corrected chi connectivity index (χ4v) is 4.50. The van der Waals surface area contributed by atoms with Gasteiger partial charge in [0.1, 0.15) is 16.2 Å². The highest BCUT2D eigenvalue weighted by Gasteiger charge is 2.12. The Bertz CT molecular complexity index is 888. The van der Waals surface area contributed by atoms with Crippen molar-refractivity contribution in [2.24, 2.45) is 0 Å². The number of fused-ring (bicyclic) bond motifs is 1. The van der Waals surface area contributed by atoms with E-state index in [1.807, 2.05) is 31.2 Å². The zero-order valence-corrected chi connectivity index (χ0v) is 16.2. The molecule has 2 aromatic heterocycles. The second-order valence-corrected chi connectivity index (χ2v) is 7.93. The van der Waals surface area contributed by atoms with Gasteiger partial charge < -0.3 is 4.74 Å². The summed E-state index contributed by atoms with van der Waals surface area (Å²) in [5.41, 5.74) is 3.00. The molecule has 0 fully saturated rings. The topological polar surface area (TPSA) is 52.1 Å². The molecule has 0 bridgehead atoms. The molecule has 25 heavy (non-hydrogen) atoms. The molecule has 0 atom stereocenters. The Morgan fingerprint density at radius 1 is 1.20 bits per heavy atom. The summed E-state index contributed by atoms with van der Waals surface area (Å²) in [6.45, 7) is 6.68.